The van der Waals surface area contributed by atoms with Crippen LogP contribution in [0.5, 0.6) is 0 Å². The highest BCUT2D eigenvalue weighted by Crippen LogP contribution is 2.23. The van der Waals surface area contributed by atoms with Crippen molar-refractivity contribution in [2.45, 2.75) is 39.7 Å². The fourth-order valence-electron chi connectivity index (χ4n) is 2.58. The Morgan fingerprint density at radius 3 is 2.19 bits per heavy atom. The molecule has 0 aliphatic heterocycles. The third-order valence-corrected chi connectivity index (χ3v) is 3.71. The number of carbonyl (C=O) groups excluding carboxylic acids is 1. The van der Waals surface area contributed by atoms with Crippen LogP contribution in [0.25, 0.3) is 0 Å². The van der Waals surface area contributed by atoms with E-state index in [1.165, 1.54) is 0 Å². The Bertz CT molecular complexity index is 541. The normalized spacial score (nSPS) is 12.6. The van der Waals surface area contributed by atoms with E-state index in [0.29, 0.717) is 10.0 Å². The second kappa shape index (κ2) is 6.73. The molecular formula is C17H26N3O+. The van der Waals surface area contributed by atoms with Crippen molar-refractivity contribution in [3.05, 3.63) is 28.8 Å². The van der Waals surface area contributed by atoms with E-state index < -0.39 is 0 Å². The molecule has 1 N–H and O–H groups in total. The minimum atomic E-state index is -0.0792. The molecule has 0 bridgehead atoms. The Kier molecular flexibility index (Phi) is 5.51. The standard InChI is InChI=1S/C17H25N3O/c1-7-8-15(20(4,5)6)17(21)19-16-12(2)9-14(11-18)10-13(16)3/h9-10,15H,7-8H2,1-6H3/p+1. The summed E-state index contributed by atoms with van der Waals surface area (Å²) in [7, 11) is 6.12. The zero-order valence-electron chi connectivity index (χ0n) is 13.9. The molecule has 4 heteroatoms. The number of likely N-dealkylation sites (N-methyl/N-ethyl adjacent to an activating group) is 1. The fraction of sp³-hybridized carbons (Fsp3) is 0.529. The van der Waals surface area contributed by atoms with Gasteiger partial charge in [0.25, 0.3) is 5.91 Å². The van der Waals surface area contributed by atoms with Gasteiger partial charge in [0.1, 0.15) is 0 Å². The number of nitrogens with zero attached hydrogens (tertiary/aromatic N) is 2. The number of nitrogens with one attached hydrogen (secondary N) is 1. The molecule has 0 saturated heterocycles. The van der Waals surface area contributed by atoms with Crippen molar-refractivity contribution in [3.63, 3.8) is 0 Å². The molecule has 1 unspecified atom stereocenters. The number of anilines is 1. The summed E-state index contributed by atoms with van der Waals surface area (Å²) in [5, 5.41) is 12.0. The van der Waals surface area contributed by atoms with Gasteiger partial charge in [0.05, 0.1) is 32.8 Å². The van der Waals surface area contributed by atoms with Gasteiger partial charge in [-0.1, -0.05) is 6.92 Å². The number of hydrogen-bond donors (Lipinski definition) is 1. The Morgan fingerprint density at radius 1 is 1.29 bits per heavy atom. The van der Waals surface area contributed by atoms with E-state index in [2.05, 4.69) is 18.3 Å². The van der Waals surface area contributed by atoms with Crippen LogP contribution in [-0.2, 0) is 4.79 Å². The maximum atomic E-state index is 12.6. The van der Waals surface area contributed by atoms with Crippen LogP contribution in [0.1, 0.15) is 36.5 Å². The highest BCUT2D eigenvalue weighted by molar-refractivity contribution is 5.95. The van der Waals surface area contributed by atoms with Gasteiger partial charge in [-0.15, -0.1) is 0 Å². The number of nitriles is 1. The predicted octanol–water partition coefficient (Wildman–Crippen LogP) is 2.99. The van der Waals surface area contributed by atoms with Crippen LogP contribution in [0, 0.1) is 25.2 Å². The summed E-state index contributed by atoms with van der Waals surface area (Å²) >= 11 is 0. The largest absolute Gasteiger partial charge is 0.321 e. The van der Waals surface area contributed by atoms with Crippen LogP contribution in [0.3, 0.4) is 0 Å². The molecule has 0 heterocycles. The lowest BCUT2D eigenvalue weighted by atomic mass is 10.0. The summed E-state index contributed by atoms with van der Waals surface area (Å²) in [6.45, 7) is 5.93. The first-order chi connectivity index (χ1) is 9.70. The monoisotopic (exact) mass is 288 g/mol. The average molecular weight is 288 g/mol. The Balaban J connectivity index is 3.05. The molecule has 0 radical (unpaired) electrons. The Morgan fingerprint density at radius 2 is 1.81 bits per heavy atom. The number of carbonyl (C=O) groups is 1. The SMILES string of the molecule is CCCC(C(=O)Nc1c(C)cc(C#N)cc1C)[N+](C)(C)C. The highest BCUT2D eigenvalue weighted by Gasteiger charge is 2.31. The number of aryl methyl sites for hydroxylation is 2. The van der Waals surface area contributed by atoms with Crippen molar-refractivity contribution in [3.8, 4) is 6.07 Å². The Hall–Kier alpha value is -1.86. The molecule has 4 nitrogen and oxygen atoms in total. The molecular weight excluding hydrogens is 262 g/mol. The smallest absolute Gasteiger partial charge is 0.282 e. The molecule has 1 atom stereocenters. The third kappa shape index (κ3) is 4.30. The topological polar surface area (TPSA) is 52.9 Å². The molecule has 0 aliphatic rings. The van der Waals surface area contributed by atoms with Crippen molar-refractivity contribution in [1.29, 1.82) is 5.26 Å². The van der Waals surface area contributed by atoms with Gasteiger partial charge in [0.15, 0.2) is 6.04 Å². The summed E-state index contributed by atoms with van der Waals surface area (Å²) in [6.07, 6.45) is 1.82. The second-order valence-electron chi connectivity index (χ2n) is 6.51. The van der Waals surface area contributed by atoms with Crippen LogP contribution >= 0.6 is 0 Å². The second-order valence-corrected chi connectivity index (χ2v) is 6.51. The lowest BCUT2D eigenvalue weighted by Gasteiger charge is -2.33. The van der Waals surface area contributed by atoms with Crippen molar-refractivity contribution >= 4 is 11.6 Å². The number of benzene rings is 1. The molecule has 1 rings (SSSR count). The maximum Gasteiger partial charge on any atom is 0.282 e. The van der Waals surface area contributed by atoms with Gasteiger partial charge in [-0.2, -0.15) is 5.26 Å². The summed E-state index contributed by atoms with van der Waals surface area (Å²) < 4.78 is 0.605. The van der Waals surface area contributed by atoms with Gasteiger partial charge in [0, 0.05) is 12.1 Å². The lowest BCUT2D eigenvalue weighted by molar-refractivity contribution is -0.886. The maximum absolute atomic E-state index is 12.6. The predicted molar refractivity (Wildman–Crippen MR) is 86.0 cm³/mol. The van der Waals surface area contributed by atoms with Crippen molar-refractivity contribution in [2.75, 3.05) is 26.5 Å². The van der Waals surface area contributed by atoms with Gasteiger partial charge >= 0.3 is 0 Å². The first-order valence-corrected chi connectivity index (χ1v) is 7.34. The first-order valence-electron chi connectivity index (χ1n) is 7.34. The van der Waals surface area contributed by atoms with E-state index in [1.807, 2.05) is 47.1 Å². The van der Waals surface area contributed by atoms with Crippen LogP contribution < -0.4 is 5.32 Å². The molecule has 1 aromatic carbocycles. The van der Waals surface area contributed by atoms with E-state index >= 15 is 0 Å². The van der Waals surface area contributed by atoms with Crippen molar-refractivity contribution < 1.29 is 9.28 Å². The van der Waals surface area contributed by atoms with Gasteiger partial charge in [-0.05, 0) is 43.5 Å². The van der Waals surface area contributed by atoms with Crippen LogP contribution in [-0.4, -0.2) is 37.6 Å². The molecule has 0 aromatic heterocycles. The fourth-order valence-corrected chi connectivity index (χ4v) is 2.58. The summed E-state index contributed by atoms with van der Waals surface area (Å²) in [4.78, 5) is 12.6. The van der Waals surface area contributed by atoms with Gasteiger partial charge < -0.3 is 9.80 Å². The van der Waals surface area contributed by atoms with Gasteiger partial charge in [-0.25, -0.2) is 0 Å². The minimum Gasteiger partial charge on any atom is -0.321 e. The van der Waals surface area contributed by atoms with E-state index in [1.54, 1.807) is 0 Å². The Labute approximate surface area is 128 Å². The van der Waals surface area contributed by atoms with Crippen molar-refractivity contribution in [2.24, 2.45) is 0 Å². The van der Waals surface area contributed by atoms with E-state index in [9.17, 15) is 4.79 Å². The van der Waals surface area contributed by atoms with Crippen LogP contribution in [0.15, 0.2) is 12.1 Å². The third-order valence-electron chi connectivity index (χ3n) is 3.71. The summed E-state index contributed by atoms with van der Waals surface area (Å²) in [5.41, 5.74) is 3.31. The summed E-state index contributed by atoms with van der Waals surface area (Å²) in [5.74, 6) is 0.0419. The number of amides is 1. The quantitative estimate of drug-likeness (QED) is 0.847. The minimum absolute atomic E-state index is 0.0419. The van der Waals surface area contributed by atoms with E-state index in [0.717, 1.165) is 29.7 Å². The molecule has 0 fully saturated rings. The summed E-state index contributed by atoms with van der Waals surface area (Å²) in [6, 6.07) is 5.68. The average Bonchev–Trinajstić information content (AvgIpc) is 2.38. The van der Waals surface area contributed by atoms with Crippen LogP contribution in [0.4, 0.5) is 5.69 Å². The van der Waals surface area contributed by atoms with Gasteiger partial charge in [-0.3, -0.25) is 4.79 Å². The number of quaternary nitrogens is 1. The first kappa shape index (κ1) is 17.2. The lowest BCUT2D eigenvalue weighted by Crippen LogP contribution is -2.51. The molecule has 1 aromatic rings. The number of hydrogen-bond acceptors (Lipinski definition) is 2. The molecule has 114 valence electrons. The zero-order valence-corrected chi connectivity index (χ0v) is 13.9. The zero-order chi connectivity index (χ0) is 16.2. The van der Waals surface area contributed by atoms with Crippen LogP contribution in [0.2, 0.25) is 0 Å². The van der Waals surface area contributed by atoms with Gasteiger partial charge in [0.2, 0.25) is 0 Å². The number of rotatable bonds is 5. The van der Waals surface area contributed by atoms with E-state index in [4.69, 9.17) is 5.26 Å². The molecule has 21 heavy (non-hydrogen) atoms. The molecule has 0 aliphatic carbocycles. The highest BCUT2D eigenvalue weighted by atomic mass is 16.2. The van der Waals surface area contributed by atoms with E-state index in [-0.39, 0.29) is 11.9 Å². The van der Waals surface area contributed by atoms with Crippen molar-refractivity contribution in [1.82, 2.24) is 0 Å². The molecule has 0 saturated carbocycles. The molecule has 1 amide bonds. The molecule has 0 spiro atoms.